The SMILES string of the molecule is COC(=O)CCCCOc1ccc(C)c(Nc2ncc3c(n2)n(C2CCOCC2)c(=O)n3C)c1. The van der Waals surface area contributed by atoms with E-state index in [9.17, 15) is 9.59 Å². The van der Waals surface area contributed by atoms with E-state index in [1.165, 1.54) is 7.11 Å². The van der Waals surface area contributed by atoms with Gasteiger partial charge in [-0.1, -0.05) is 6.07 Å². The monoisotopic (exact) mass is 469 g/mol. The molecule has 0 saturated carbocycles. The zero-order valence-electron chi connectivity index (χ0n) is 19.9. The summed E-state index contributed by atoms with van der Waals surface area (Å²) in [5, 5.41) is 3.27. The number of benzene rings is 1. The highest BCUT2D eigenvalue weighted by Gasteiger charge is 2.23. The van der Waals surface area contributed by atoms with Crippen LogP contribution in [0.1, 0.15) is 43.7 Å². The van der Waals surface area contributed by atoms with E-state index < -0.39 is 0 Å². The summed E-state index contributed by atoms with van der Waals surface area (Å²) in [7, 11) is 3.13. The predicted octanol–water partition coefficient (Wildman–Crippen LogP) is 3.26. The molecule has 34 heavy (non-hydrogen) atoms. The molecule has 0 aliphatic carbocycles. The van der Waals surface area contributed by atoms with Crippen LogP contribution in [0.3, 0.4) is 0 Å². The third-order valence-electron chi connectivity index (χ3n) is 6.12. The first kappa shape index (κ1) is 23.7. The second kappa shape index (κ2) is 10.7. The lowest BCUT2D eigenvalue weighted by Crippen LogP contribution is -2.30. The first-order chi connectivity index (χ1) is 16.5. The Labute approximate surface area is 197 Å². The molecule has 1 aliphatic heterocycles. The lowest BCUT2D eigenvalue weighted by molar-refractivity contribution is -0.140. The van der Waals surface area contributed by atoms with E-state index in [-0.39, 0.29) is 17.7 Å². The number of hydrogen-bond donors (Lipinski definition) is 1. The van der Waals surface area contributed by atoms with Gasteiger partial charge < -0.3 is 19.5 Å². The maximum absolute atomic E-state index is 12.9. The van der Waals surface area contributed by atoms with E-state index in [4.69, 9.17) is 14.5 Å². The van der Waals surface area contributed by atoms with E-state index in [2.05, 4.69) is 15.0 Å². The maximum Gasteiger partial charge on any atom is 0.330 e. The topological polar surface area (TPSA) is 110 Å². The molecule has 0 unspecified atom stereocenters. The predicted molar refractivity (Wildman–Crippen MR) is 128 cm³/mol. The summed E-state index contributed by atoms with van der Waals surface area (Å²) in [5.74, 6) is 0.919. The number of ether oxygens (including phenoxy) is 3. The van der Waals surface area contributed by atoms with E-state index in [0.717, 1.165) is 30.5 Å². The van der Waals surface area contributed by atoms with Crippen molar-refractivity contribution in [3.05, 3.63) is 40.4 Å². The summed E-state index contributed by atoms with van der Waals surface area (Å²) in [6.07, 6.45) is 5.10. The first-order valence-electron chi connectivity index (χ1n) is 11.6. The fraction of sp³-hybridized carbons (Fsp3) is 0.500. The van der Waals surface area contributed by atoms with Crippen molar-refractivity contribution < 1.29 is 19.0 Å². The minimum Gasteiger partial charge on any atom is -0.494 e. The standard InChI is InChI=1S/C24H31N5O5/c1-16-7-8-18(34-11-5-4-6-21(30)32-3)14-19(16)26-23-25-15-20-22(27-23)29(24(31)28(20)2)17-9-12-33-13-10-17/h7-8,14-15,17H,4-6,9-13H2,1-3H3,(H,25,26,27). The molecule has 0 bridgehead atoms. The molecule has 1 aromatic carbocycles. The van der Waals surface area contributed by atoms with Gasteiger partial charge in [0.2, 0.25) is 5.95 Å². The largest absolute Gasteiger partial charge is 0.494 e. The van der Waals surface area contributed by atoms with E-state index in [1.807, 2.05) is 25.1 Å². The van der Waals surface area contributed by atoms with Crippen LogP contribution >= 0.6 is 0 Å². The van der Waals surface area contributed by atoms with Crippen LogP contribution in [0, 0.1) is 6.92 Å². The fourth-order valence-electron chi connectivity index (χ4n) is 4.08. The molecule has 0 atom stereocenters. The summed E-state index contributed by atoms with van der Waals surface area (Å²) >= 11 is 0. The molecule has 0 radical (unpaired) electrons. The van der Waals surface area contributed by atoms with Crippen LogP contribution in [0.4, 0.5) is 11.6 Å². The number of anilines is 2. The van der Waals surface area contributed by atoms with Crippen molar-refractivity contribution >= 4 is 28.8 Å². The molecule has 1 fully saturated rings. The number of rotatable bonds is 9. The second-order valence-corrected chi connectivity index (χ2v) is 8.44. The number of nitrogens with one attached hydrogen (secondary N) is 1. The van der Waals surface area contributed by atoms with E-state index >= 15 is 0 Å². The maximum atomic E-state index is 12.9. The Morgan fingerprint density at radius 3 is 2.82 bits per heavy atom. The molecule has 0 spiro atoms. The summed E-state index contributed by atoms with van der Waals surface area (Å²) in [6, 6.07) is 5.83. The van der Waals surface area contributed by atoms with Crippen molar-refractivity contribution in [1.29, 1.82) is 0 Å². The van der Waals surface area contributed by atoms with Crippen LogP contribution in [0.2, 0.25) is 0 Å². The Morgan fingerprint density at radius 2 is 2.06 bits per heavy atom. The Balaban J connectivity index is 1.50. The molecular weight excluding hydrogens is 438 g/mol. The number of carbonyl (C=O) groups excluding carboxylic acids is 1. The molecule has 3 heterocycles. The third kappa shape index (κ3) is 5.22. The van der Waals surface area contributed by atoms with Gasteiger partial charge in [-0.05, 0) is 44.2 Å². The van der Waals surface area contributed by atoms with E-state index in [1.54, 1.807) is 22.4 Å². The van der Waals surface area contributed by atoms with Gasteiger partial charge in [-0.3, -0.25) is 13.9 Å². The van der Waals surface area contributed by atoms with Gasteiger partial charge >= 0.3 is 11.7 Å². The quantitative estimate of drug-likeness (QED) is 0.376. The van der Waals surface area contributed by atoms with Crippen molar-refractivity contribution in [2.24, 2.45) is 7.05 Å². The van der Waals surface area contributed by atoms with Gasteiger partial charge in [0, 0.05) is 44.5 Å². The number of fused-ring (bicyclic) bond motifs is 1. The van der Waals surface area contributed by atoms with Gasteiger partial charge in [-0.2, -0.15) is 4.98 Å². The number of aryl methyl sites for hydroxylation is 2. The Hall–Kier alpha value is -3.40. The highest BCUT2D eigenvalue weighted by atomic mass is 16.5. The summed E-state index contributed by atoms with van der Waals surface area (Å²) in [4.78, 5) is 33.3. The zero-order valence-corrected chi connectivity index (χ0v) is 19.9. The molecule has 3 aromatic rings. The van der Waals surface area contributed by atoms with E-state index in [0.29, 0.717) is 55.5 Å². The minimum atomic E-state index is -0.209. The molecule has 1 N–H and O–H groups in total. The molecule has 182 valence electrons. The Morgan fingerprint density at radius 1 is 1.26 bits per heavy atom. The third-order valence-corrected chi connectivity index (χ3v) is 6.12. The van der Waals surface area contributed by atoms with Gasteiger partial charge in [-0.15, -0.1) is 0 Å². The Bertz CT molecular complexity index is 1210. The van der Waals surface area contributed by atoms with Gasteiger partial charge in [0.1, 0.15) is 11.3 Å². The fourth-order valence-corrected chi connectivity index (χ4v) is 4.08. The number of carbonyl (C=O) groups is 1. The number of aromatic nitrogens is 4. The van der Waals surface area contributed by atoms with Crippen LogP contribution in [-0.2, 0) is 21.3 Å². The summed E-state index contributed by atoms with van der Waals surface area (Å²) < 4.78 is 19.3. The van der Waals surface area contributed by atoms with Crippen LogP contribution in [-0.4, -0.2) is 52.0 Å². The molecule has 4 rings (SSSR count). The smallest absolute Gasteiger partial charge is 0.330 e. The molecule has 10 nitrogen and oxygen atoms in total. The van der Waals surface area contributed by atoms with Gasteiger partial charge in [0.05, 0.1) is 19.9 Å². The number of hydrogen-bond acceptors (Lipinski definition) is 8. The lowest BCUT2D eigenvalue weighted by atomic mass is 10.1. The number of imidazole rings is 1. The molecule has 10 heteroatoms. The molecule has 1 saturated heterocycles. The van der Waals surface area contributed by atoms with Crippen LogP contribution in [0.25, 0.3) is 11.2 Å². The van der Waals surface area contributed by atoms with Crippen molar-refractivity contribution in [2.45, 2.75) is 45.1 Å². The van der Waals surface area contributed by atoms with Crippen molar-refractivity contribution in [1.82, 2.24) is 19.1 Å². The summed E-state index contributed by atoms with van der Waals surface area (Å²) in [6.45, 7) is 3.77. The highest BCUT2D eigenvalue weighted by Crippen LogP contribution is 2.27. The normalized spacial score (nSPS) is 14.3. The number of nitrogens with zero attached hydrogens (tertiary/aromatic N) is 4. The summed E-state index contributed by atoms with van der Waals surface area (Å²) in [5.41, 5.74) is 3.06. The second-order valence-electron chi connectivity index (χ2n) is 8.44. The van der Waals surface area contributed by atoms with Crippen molar-refractivity contribution in [2.75, 3.05) is 32.2 Å². The average Bonchev–Trinajstić information content (AvgIpc) is 3.10. The van der Waals surface area contributed by atoms with Gasteiger partial charge in [0.25, 0.3) is 0 Å². The number of esters is 1. The molecule has 1 aliphatic rings. The van der Waals surface area contributed by atoms with Gasteiger partial charge in [-0.25, -0.2) is 9.78 Å². The first-order valence-corrected chi connectivity index (χ1v) is 11.6. The average molecular weight is 470 g/mol. The molecule has 0 amide bonds. The Kier molecular flexibility index (Phi) is 7.46. The van der Waals surface area contributed by atoms with Gasteiger partial charge in [0.15, 0.2) is 5.65 Å². The van der Waals surface area contributed by atoms with Crippen molar-refractivity contribution in [3.8, 4) is 5.75 Å². The minimum absolute atomic E-state index is 0.0605. The lowest BCUT2D eigenvalue weighted by Gasteiger charge is -2.22. The molecular formula is C24H31N5O5. The number of methoxy groups -OCH3 is 1. The molecule has 2 aromatic heterocycles. The van der Waals surface area contributed by atoms with Crippen LogP contribution in [0.5, 0.6) is 5.75 Å². The van der Waals surface area contributed by atoms with Crippen LogP contribution in [0.15, 0.2) is 29.2 Å². The number of unbranched alkanes of at least 4 members (excludes halogenated alkanes) is 1. The van der Waals surface area contributed by atoms with Crippen molar-refractivity contribution in [3.63, 3.8) is 0 Å². The van der Waals surface area contributed by atoms with Crippen LogP contribution < -0.4 is 15.7 Å². The highest BCUT2D eigenvalue weighted by molar-refractivity contribution is 5.73. The zero-order chi connectivity index (χ0) is 24.1.